The van der Waals surface area contributed by atoms with Crippen LogP contribution in [0.25, 0.3) is 0 Å². The van der Waals surface area contributed by atoms with Crippen molar-refractivity contribution in [2.45, 2.75) is 19.8 Å². The van der Waals surface area contributed by atoms with E-state index in [1.54, 1.807) is 48.5 Å². The van der Waals surface area contributed by atoms with E-state index in [-0.39, 0.29) is 29.5 Å². The van der Waals surface area contributed by atoms with Crippen LogP contribution in [0.2, 0.25) is 0 Å². The zero-order chi connectivity index (χ0) is 19.2. The number of phenols is 1. The summed E-state index contributed by atoms with van der Waals surface area (Å²) in [6, 6.07) is 14.8. The Morgan fingerprint density at radius 3 is 2.56 bits per heavy atom. The number of carbonyl (C=O) groups excluding carboxylic acids is 2. The first-order valence-corrected chi connectivity index (χ1v) is 8.57. The van der Waals surface area contributed by atoms with Crippen LogP contribution in [0.15, 0.2) is 65.3 Å². The van der Waals surface area contributed by atoms with Gasteiger partial charge in [0.1, 0.15) is 0 Å². The van der Waals surface area contributed by atoms with Gasteiger partial charge >= 0.3 is 5.97 Å². The van der Waals surface area contributed by atoms with Crippen molar-refractivity contribution in [3.05, 3.63) is 72.2 Å². The van der Waals surface area contributed by atoms with Crippen molar-refractivity contribution in [3.8, 4) is 11.5 Å². The predicted molar refractivity (Wildman–Crippen MR) is 101 cm³/mol. The molecular formula is C21H19NO5. The summed E-state index contributed by atoms with van der Waals surface area (Å²) in [5.74, 6) is -0.653. The quantitative estimate of drug-likeness (QED) is 0.359. The Morgan fingerprint density at radius 1 is 1.04 bits per heavy atom. The van der Waals surface area contributed by atoms with Crippen LogP contribution in [0.4, 0.5) is 11.4 Å². The lowest BCUT2D eigenvalue weighted by Gasteiger charge is -2.15. The molecule has 138 valence electrons. The van der Waals surface area contributed by atoms with Crippen molar-refractivity contribution in [2.24, 2.45) is 0 Å². The first-order chi connectivity index (χ1) is 13.1. The van der Waals surface area contributed by atoms with Gasteiger partial charge in [-0.05, 0) is 42.8 Å². The number of benzene rings is 2. The number of phenolic OH excluding ortho intramolecular Hbond substituents is 1. The number of esters is 1. The Morgan fingerprint density at radius 2 is 1.81 bits per heavy atom. The van der Waals surface area contributed by atoms with Gasteiger partial charge in [-0.2, -0.15) is 0 Å². The van der Waals surface area contributed by atoms with E-state index in [9.17, 15) is 14.7 Å². The van der Waals surface area contributed by atoms with E-state index >= 15 is 0 Å². The molecule has 3 rings (SSSR count). The van der Waals surface area contributed by atoms with Crippen molar-refractivity contribution in [1.82, 2.24) is 0 Å². The molecule has 2 aromatic carbocycles. The molecule has 0 spiro atoms. The minimum absolute atomic E-state index is 0.0243. The minimum atomic E-state index is -0.443. The largest absolute Gasteiger partial charge is 0.504 e. The number of carbonyl (C=O) groups is 2. The monoisotopic (exact) mass is 365 g/mol. The maximum absolute atomic E-state index is 12.7. The summed E-state index contributed by atoms with van der Waals surface area (Å²) in [6.45, 7) is 1.86. The number of aromatic hydroxyl groups is 1. The van der Waals surface area contributed by atoms with Gasteiger partial charge < -0.3 is 19.6 Å². The molecule has 0 fully saturated rings. The van der Waals surface area contributed by atoms with Crippen molar-refractivity contribution in [3.63, 3.8) is 0 Å². The molecule has 0 saturated carbocycles. The van der Waals surface area contributed by atoms with E-state index in [1.807, 2.05) is 6.92 Å². The Balaban J connectivity index is 1.94. The lowest BCUT2D eigenvalue weighted by molar-refractivity contribution is -0.134. The van der Waals surface area contributed by atoms with Crippen molar-refractivity contribution >= 4 is 23.1 Å². The summed E-state index contributed by atoms with van der Waals surface area (Å²) >= 11 is 0. The number of hydrogen-bond donors (Lipinski definition) is 2. The standard InChI is InChI=1S/C21H19NO5/c1-2-7-19(24)27-21-16(10-5-11-17(21)23)22-15-9-4-3-8-14(15)20(25)18-12-6-13-26-18/h3-6,8-13,22-23H,2,7H2,1H3. The summed E-state index contributed by atoms with van der Waals surface area (Å²) < 4.78 is 10.5. The molecule has 0 unspecified atom stereocenters. The molecule has 0 aliphatic carbocycles. The average Bonchev–Trinajstić information content (AvgIpc) is 3.19. The summed E-state index contributed by atoms with van der Waals surface area (Å²) in [4.78, 5) is 24.5. The minimum Gasteiger partial charge on any atom is -0.504 e. The third-order valence-corrected chi connectivity index (χ3v) is 3.85. The van der Waals surface area contributed by atoms with Gasteiger partial charge in [-0.3, -0.25) is 9.59 Å². The van der Waals surface area contributed by atoms with Crippen molar-refractivity contribution in [1.29, 1.82) is 0 Å². The summed E-state index contributed by atoms with van der Waals surface area (Å²) in [6.07, 6.45) is 2.31. The molecule has 0 aliphatic rings. The first-order valence-electron chi connectivity index (χ1n) is 8.57. The van der Waals surface area contributed by atoms with Gasteiger partial charge in [0.25, 0.3) is 0 Å². The zero-order valence-electron chi connectivity index (χ0n) is 14.8. The van der Waals surface area contributed by atoms with Gasteiger partial charge in [0.05, 0.1) is 12.0 Å². The van der Waals surface area contributed by atoms with Crippen LogP contribution in [0.5, 0.6) is 11.5 Å². The molecule has 2 N–H and O–H groups in total. The van der Waals surface area contributed by atoms with Crippen LogP contribution >= 0.6 is 0 Å². The van der Waals surface area contributed by atoms with Crippen LogP contribution < -0.4 is 10.1 Å². The van der Waals surface area contributed by atoms with E-state index in [4.69, 9.17) is 9.15 Å². The first kappa shape index (κ1) is 18.3. The zero-order valence-corrected chi connectivity index (χ0v) is 14.8. The molecule has 0 saturated heterocycles. The number of nitrogens with one attached hydrogen (secondary N) is 1. The molecule has 1 heterocycles. The van der Waals surface area contributed by atoms with E-state index in [2.05, 4.69) is 5.32 Å². The molecule has 3 aromatic rings. The van der Waals surface area contributed by atoms with Gasteiger partial charge in [0.2, 0.25) is 5.78 Å². The summed E-state index contributed by atoms with van der Waals surface area (Å²) in [5.41, 5.74) is 1.26. The number of hydrogen-bond acceptors (Lipinski definition) is 6. The fourth-order valence-electron chi connectivity index (χ4n) is 2.58. The summed E-state index contributed by atoms with van der Waals surface area (Å²) in [5, 5.41) is 13.2. The smallest absolute Gasteiger partial charge is 0.311 e. The highest BCUT2D eigenvalue weighted by Gasteiger charge is 2.18. The highest BCUT2D eigenvalue weighted by molar-refractivity contribution is 6.11. The second-order valence-electron chi connectivity index (χ2n) is 5.85. The number of anilines is 2. The number of ketones is 1. The molecule has 1 aromatic heterocycles. The second kappa shape index (κ2) is 8.23. The van der Waals surface area contributed by atoms with Crippen LogP contribution in [0.1, 0.15) is 35.9 Å². The average molecular weight is 365 g/mol. The molecule has 0 atom stereocenters. The Labute approximate surface area is 156 Å². The normalized spacial score (nSPS) is 10.4. The fraction of sp³-hybridized carbons (Fsp3) is 0.143. The predicted octanol–water partition coefficient (Wildman–Crippen LogP) is 4.67. The van der Waals surface area contributed by atoms with Gasteiger partial charge in [-0.15, -0.1) is 0 Å². The Bertz CT molecular complexity index is 947. The molecule has 0 amide bonds. The van der Waals surface area contributed by atoms with Gasteiger partial charge in [-0.1, -0.05) is 25.1 Å². The van der Waals surface area contributed by atoms with Crippen molar-refractivity contribution in [2.75, 3.05) is 5.32 Å². The van der Waals surface area contributed by atoms with Crippen LogP contribution in [-0.2, 0) is 4.79 Å². The maximum Gasteiger partial charge on any atom is 0.311 e. The number of furan rings is 1. The van der Waals surface area contributed by atoms with E-state index in [0.717, 1.165) is 0 Å². The van der Waals surface area contributed by atoms with Gasteiger partial charge in [0.15, 0.2) is 17.3 Å². The van der Waals surface area contributed by atoms with Crippen LogP contribution in [0.3, 0.4) is 0 Å². The Kier molecular flexibility index (Phi) is 5.56. The number of rotatable bonds is 7. The third-order valence-electron chi connectivity index (χ3n) is 3.85. The fourth-order valence-corrected chi connectivity index (χ4v) is 2.58. The van der Waals surface area contributed by atoms with Crippen LogP contribution in [0, 0.1) is 0 Å². The molecule has 0 bridgehead atoms. The van der Waals surface area contributed by atoms with E-state index in [1.165, 1.54) is 12.3 Å². The topological polar surface area (TPSA) is 88.8 Å². The van der Waals surface area contributed by atoms with Gasteiger partial charge in [-0.25, -0.2) is 0 Å². The summed E-state index contributed by atoms with van der Waals surface area (Å²) in [7, 11) is 0. The molecule has 0 aliphatic heterocycles. The molecule has 27 heavy (non-hydrogen) atoms. The molecule has 6 heteroatoms. The highest BCUT2D eigenvalue weighted by Crippen LogP contribution is 2.37. The lowest BCUT2D eigenvalue weighted by Crippen LogP contribution is -2.09. The SMILES string of the molecule is CCCC(=O)Oc1c(O)cccc1Nc1ccccc1C(=O)c1ccco1. The van der Waals surface area contributed by atoms with E-state index < -0.39 is 5.97 Å². The molecule has 6 nitrogen and oxygen atoms in total. The number of ether oxygens (including phenoxy) is 1. The highest BCUT2D eigenvalue weighted by atomic mass is 16.5. The molecule has 0 radical (unpaired) electrons. The third kappa shape index (κ3) is 4.17. The van der Waals surface area contributed by atoms with E-state index in [0.29, 0.717) is 23.4 Å². The lowest BCUT2D eigenvalue weighted by atomic mass is 10.1. The number of para-hydroxylation sites is 2. The van der Waals surface area contributed by atoms with Gasteiger partial charge in [0, 0.05) is 17.7 Å². The van der Waals surface area contributed by atoms with Crippen molar-refractivity contribution < 1.29 is 23.8 Å². The Hall–Kier alpha value is -3.54. The second-order valence-corrected chi connectivity index (χ2v) is 5.85. The maximum atomic E-state index is 12.7. The van der Waals surface area contributed by atoms with Crippen LogP contribution in [-0.4, -0.2) is 16.9 Å². The molecular weight excluding hydrogens is 346 g/mol.